The fourth-order valence-electron chi connectivity index (χ4n) is 8.96. The number of aromatic nitrogens is 9. The Hall–Kier alpha value is -7.98. The lowest BCUT2D eigenvalue weighted by Crippen LogP contribution is -2.12. The molecule has 0 aliphatic rings. The van der Waals surface area contributed by atoms with Crippen molar-refractivity contribution in [3.8, 4) is 22.3 Å². The maximum atomic E-state index is 5.10. The predicted octanol–water partition coefficient (Wildman–Crippen LogP) is 10.9. The summed E-state index contributed by atoms with van der Waals surface area (Å²) in [6.07, 6.45) is 0. The first-order chi connectivity index (χ1) is 28.9. The minimum absolute atomic E-state index is 0.741. The second-order valence-electron chi connectivity index (χ2n) is 15.2. The van der Waals surface area contributed by atoms with Gasteiger partial charge in [0, 0.05) is 32.3 Å². The van der Waals surface area contributed by atoms with Gasteiger partial charge in [0.25, 0.3) is 0 Å². The molecular formula is C49H34N10. The maximum Gasteiger partial charge on any atom is 0.137 e. The number of anilines is 3. The Morgan fingerprint density at radius 2 is 0.847 bits per heavy atom. The average Bonchev–Trinajstić information content (AvgIpc) is 3.97. The van der Waals surface area contributed by atoms with Crippen molar-refractivity contribution < 1.29 is 0 Å². The van der Waals surface area contributed by atoms with Gasteiger partial charge in [0.05, 0.1) is 17.1 Å². The predicted molar refractivity (Wildman–Crippen MR) is 238 cm³/mol. The van der Waals surface area contributed by atoms with E-state index in [-0.39, 0.29) is 0 Å². The van der Waals surface area contributed by atoms with E-state index in [4.69, 9.17) is 30.6 Å². The van der Waals surface area contributed by atoms with Gasteiger partial charge < -0.3 is 4.90 Å². The van der Waals surface area contributed by atoms with E-state index in [1.165, 1.54) is 32.3 Å². The molecule has 0 amide bonds. The molecule has 10 nitrogen and oxygen atoms in total. The molecule has 0 saturated carbocycles. The van der Waals surface area contributed by atoms with Gasteiger partial charge in [-0.25, -0.2) is 0 Å². The summed E-state index contributed by atoms with van der Waals surface area (Å²) in [6.45, 7) is 0. The van der Waals surface area contributed by atoms with Crippen LogP contribution < -0.4 is 4.90 Å². The summed E-state index contributed by atoms with van der Waals surface area (Å²) in [5.74, 6) is 0. The van der Waals surface area contributed by atoms with Crippen molar-refractivity contribution in [1.82, 2.24) is 45.0 Å². The average molecular weight is 763 g/mol. The van der Waals surface area contributed by atoms with E-state index in [0.717, 1.165) is 83.2 Å². The molecule has 0 atom stereocenters. The molecule has 0 N–H and O–H groups in total. The summed E-state index contributed by atoms with van der Waals surface area (Å²) in [4.78, 5) is 7.13. The largest absolute Gasteiger partial charge is 0.304 e. The molecular weight excluding hydrogens is 729 g/mol. The van der Waals surface area contributed by atoms with Crippen LogP contribution in [0, 0.1) is 0 Å². The van der Waals surface area contributed by atoms with Gasteiger partial charge in [-0.15, -0.1) is 0 Å². The molecule has 10 heteroatoms. The van der Waals surface area contributed by atoms with E-state index in [1.54, 1.807) is 14.4 Å². The van der Waals surface area contributed by atoms with Crippen LogP contribution in [0.25, 0.3) is 98.4 Å². The molecule has 0 radical (unpaired) electrons. The molecule has 0 aliphatic heterocycles. The van der Waals surface area contributed by atoms with Gasteiger partial charge in [0.15, 0.2) is 0 Å². The third kappa shape index (κ3) is 5.12. The monoisotopic (exact) mass is 762 g/mol. The Bertz CT molecular complexity index is 3630. The fourth-order valence-corrected chi connectivity index (χ4v) is 8.96. The lowest BCUT2D eigenvalue weighted by atomic mass is 9.91. The van der Waals surface area contributed by atoms with Gasteiger partial charge in [-0.05, 0) is 115 Å². The molecule has 0 aliphatic carbocycles. The smallest absolute Gasteiger partial charge is 0.137 e. The summed E-state index contributed by atoms with van der Waals surface area (Å²) >= 11 is 0. The SMILES string of the molecule is Cn1nc2cccc(N(c3ccc(-c4ccc5cc6ccccc6cc5c4)c4nn(C)nc34)c3ccc(-c4c5ccccc5cc5ccccc45)c4nn(C)nc34)c2n1. The zero-order valence-electron chi connectivity index (χ0n) is 32.4. The highest BCUT2D eigenvalue weighted by Gasteiger charge is 2.27. The van der Waals surface area contributed by atoms with Crippen molar-refractivity contribution in [2.45, 2.75) is 0 Å². The standard InChI is InChI=1S/C49H34N10/c1-56-50-40-17-10-18-41(47(40)53-56)59(42-23-21-38(45-48(42)54-57(2)51-45)34-20-19-31-25-29-11-4-5-12-30(29)26-35(31)28-34)43-24-22-39(46-49(43)55-58(3)52-46)44-36-15-8-6-13-32(36)27-33-14-7-9-16-37(33)44/h4-28H,1-3H3. The van der Waals surface area contributed by atoms with E-state index in [0.29, 0.717) is 0 Å². The van der Waals surface area contributed by atoms with Crippen LogP contribution in [0.4, 0.5) is 17.1 Å². The van der Waals surface area contributed by atoms with Crippen molar-refractivity contribution in [1.29, 1.82) is 0 Å². The summed E-state index contributed by atoms with van der Waals surface area (Å²) in [7, 11) is 5.60. The molecule has 0 fully saturated rings. The van der Waals surface area contributed by atoms with Gasteiger partial charge >= 0.3 is 0 Å². The molecule has 0 spiro atoms. The highest BCUT2D eigenvalue weighted by Crippen LogP contribution is 2.47. The lowest BCUT2D eigenvalue weighted by Gasteiger charge is -2.26. The zero-order chi connectivity index (χ0) is 39.4. The molecule has 0 unspecified atom stereocenters. The van der Waals surface area contributed by atoms with Gasteiger partial charge in [-0.3, -0.25) is 0 Å². The summed E-state index contributed by atoms with van der Waals surface area (Å²) < 4.78 is 0. The van der Waals surface area contributed by atoms with Crippen molar-refractivity contribution in [2.75, 3.05) is 4.90 Å². The quantitative estimate of drug-likeness (QED) is 0.161. The Morgan fingerprint density at radius 1 is 0.356 bits per heavy atom. The lowest BCUT2D eigenvalue weighted by molar-refractivity contribution is 0.665. The van der Waals surface area contributed by atoms with Crippen LogP contribution in [0.5, 0.6) is 0 Å². The first kappa shape index (κ1) is 33.2. The van der Waals surface area contributed by atoms with Crippen LogP contribution in [0.1, 0.15) is 0 Å². The normalized spacial score (nSPS) is 12.0. The summed E-state index contributed by atoms with van der Waals surface area (Å²) in [6, 6.07) is 53.7. The molecule has 280 valence electrons. The van der Waals surface area contributed by atoms with Crippen LogP contribution in [-0.2, 0) is 21.1 Å². The van der Waals surface area contributed by atoms with E-state index < -0.39 is 0 Å². The Kier molecular flexibility index (Phi) is 7.04. The van der Waals surface area contributed by atoms with E-state index in [2.05, 4.69) is 144 Å². The Balaban J connectivity index is 1.11. The Labute approximate surface area is 337 Å². The minimum Gasteiger partial charge on any atom is -0.304 e. The number of rotatable bonds is 5. The van der Waals surface area contributed by atoms with Gasteiger partial charge in [0.2, 0.25) is 0 Å². The topological polar surface area (TPSA) is 95.4 Å². The fraction of sp³-hybridized carbons (Fsp3) is 0.0612. The van der Waals surface area contributed by atoms with Crippen molar-refractivity contribution in [3.05, 3.63) is 152 Å². The van der Waals surface area contributed by atoms with Gasteiger partial charge in [0.1, 0.15) is 33.1 Å². The first-order valence-corrected chi connectivity index (χ1v) is 19.6. The third-order valence-electron chi connectivity index (χ3n) is 11.5. The van der Waals surface area contributed by atoms with Crippen LogP contribution in [0.15, 0.2) is 152 Å². The highest BCUT2D eigenvalue weighted by atomic mass is 15.5. The molecule has 3 aromatic heterocycles. The molecule has 12 aromatic rings. The number of aryl methyl sites for hydroxylation is 3. The third-order valence-corrected chi connectivity index (χ3v) is 11.5. The molecule has 0 saturated heterocycles. The number of nitrogens with zero attached hydrogens (tertiary/aromatic N) is 10. The summed E-state index contributed by atoms with van der Waals surface area (Å²) in [5, 5.41) is 39.3. The number of benzene rings is 9. The van der Waals surface area contributed by atoms with Crippen LogP contribution in [0.3, 0.4) is 0 Å². The molecule has 9 aromatic carbocycles. The Morgan fingerprint density at radius 3 is 1.53 bits per heavy atom. The first-order valence-electron chi connectivity index (χ1n) is 19.6. The molecule has 12 rings (SSSR count). The highest BCUT2D eigenvalue weighted by molar-refractivity contribution is 6.18. The minimum atomic E-state index is 0.741. The molecule has 0 bridgehead atoms. The number of fused-ring (bicyclic) bond motifs is 7. The van der Waals surface area contributed by atoms with Crippen molar-refractivity contribution in [3.63, 3.8) is 0 Å². The zero-order valence-corrected chi connectivity index (χ0v) is 32.4. The number of hydrogen-bond acceptors (Lipinski definition) is 7. The van der Waals surface area contributed by atoms with Crippen LogP contribution in [0.2, 0.25) is 0 Å². The van der Waals surface area contributed by atoms with Crippen LogP contribution in [-0.4, -0.2) is 45.0 Å². The molecule has 3 heterocycles. The second kappa shape index (κ2) is 12.5. The van der Waals surface area contributed by atoms with Crippen LogP contribution >= 0.6 is 0 Å². The van der Waals surface area contributed by atoms with Gasteiger partial charge in [-0.2, -0.15) is 45.0 Å². The summed E-state index contributed by atoms with van der Waals surface area (Å²) in [5.41, 5.74) is 11.3. The second-order valence-corrected chi connectivity index (χ2v) is 15.2. The van der Waals surface area contributed by atoms with Crippen molar-refractivity contribution in [2.24, 2.45) is 21.1 Å². The van der Waals surface area contributed by atoms with E-state index in [9.17, 15) is 0 Å². The van der Waals surface area contributed by atoms with E-state index in [1.807, 2.05) is 33.3 Å². The molecule has 59 heavy (non-hydrogen) atoms. The van der Waals surface area contributed by atoms with Gasteiger partial charge in [-0.1, -0.05) is 91.0 Å². The van der Waals surface area contributed by atoms with E-state index >= 15 is 0 Å². The number of hydrogen-bond donors (Lipinski definition) is 0. The maximum absolute atomic E-state index is 5.10. The van der Waals surface area contributed by atoms with Crippen molar-refractivity contribution >= 4 is 93.3 Å².